The Morgan fingerprint density at radius 2 is 1.75 bits per heavy atom. The molecule has 128 valence electrons. The third-order valence-corrected chi connectivity index (χ3v) is 3.34. The van der Waals surface area contributed by atoms with Gasteiger partial charge in [-0.2, -0.15) is 13.2 Å². The van der Waals surface area contributed by atoms with Crippen LogP contribution < -0.4 is 10.6 Å². The van der Waals surface area contributed by atoms with Gasteiger partial charge in [0.2, 0.25) is 0 Å². The normalized spacial score (nSPS) is 11.2. The van der Waals surface area contributed by atoms with Crippen LogP contribution in [0, 0.1) is 6.92 Å². The van der Waals surface area contributed by atoms with Gasteiger partial charge in [-0.1, -0.05) is 12.1 Å². The predicted octanol–water partition coefficient (Wildman–Crippen LogP) is 4.84. The molecule has 0 radical (unpaired) electrons. The van der Waals surface area contributed by atoms with Crippen molar-refractivity contribution >= 4 is 17.4 Å². The molecule has 0 aliphatic carbocycles. The Labute approximate surface area is 137 Å². The molecule has 0 saturated carbocycles. The second-order valence-corrected chi connectivity index (χ2v) is 5.40. The first-order valence-corrected chi connectivity index (χ1v) is 7.26. The lowest BCUT2D eigenvalue weighted by atomic mass is 10.1. The second kappa shape index (κ2) is 7.25. The lowest BCUT2D eigenvalue weighted by Gasteiger charge is -2.10. The zero-order chi connectivity index (χ0) is 17.7. The van der Waals surface area contributed by atoms with Crippen LogP contribution in [-0.4, -0.2) is 17.3 Å². The van der Waals surface area contributed by atoms with Gasteiger partial charge in [0.15, 0.2) is 0 Å². The second-order valence-electron chi connectivity index (χ2n) is 5.40. The van der Waals surface area contributed by atoms with Crippen molar-refractivity contribution in [2.24, 2.45) is 0 Å². The van der Waals surface area contributed by atoms with Gasteiger partial charge in [-0.3, -0.25) is 0 Å². The number of aryl methyl sites for hydroxylation is 2. The molecule has 3 N–H and O–H groups in total. The van der Waals surface area contributed by atoms with Crippen LogP contribution in [0.2, 0.25) is 0 Å². The number of rotatable bonds is 4. The van der Waals surface area contributed by atoms with E-state index in [-0.39, 0.29) is 12.2 Å². The van der Waals surface area contributed by atoms with Gasteiger partial charge in [-0.05, 0) is 54.8 Å². The van der Waals surface area contributed by atoms with Gasteiger partial charge in [0.1, 0.15) is 5.75 Å². The predicted molar refractivity (Wildman–Crippen MR) is 86.3 cm³/mol. The molecule has 0 spiro atoms. The van der Waals surface area contributed by atoms with Crippen LogP contribution >= 0.6 is 0 Å². The summed E-state index contributed by atoms with van der Waals surface area (Å²) >= 11 is 0. The van der Waals surface area contributed by atoms with E-state index in [9.17, 15) is 23.1 Å². The molecule has 0 saturated heterocycles. The van der Waals surface area contributed by atoms with Gasteiger partial charge >= 0.3 is 12.2 Å². The molecular formula is C17H17F3N2O2. The minimum absolute atomic E-state index is 0.123. The van der Waals surface area contributed by atoms with Crippen molar-refractivity contribution in [3.05, 3.63) is 53.6 Å². The quantitative estimate of drug-likeness (QED) is 0.699. The summed E-state index contributed by atoms with van der Waals surface area (Å²) in [6.45, 7) is 1.70. The van der Waals surface area contributed by atoms with Crippen LogP contribution in [0.15, 0.2) is 42.5 Å². The number of urea groups is 1. The SMILES string of the molecule is Cc1cc(NC(=O)Nc2cccc(CCC(F)(F)F)c2)ccc1O. The first-order valence-electron chi connectivity index (χ1n) is 7.26. The smallest absolute Gasteiger partial charge is 0.389 e. The number of hydrogen-bond acceptors (Lipinski definition) is 2. The number of phenols is 1. The maximum absolute atomic E-state index is 12.3. The Balaban J connectivity index is 1.97. The first kappa shape index (κ1) is 17.7. The fraction of sp³-hybridized carbons (Fsp3) is 0.235. The molecule has 0 fully saturated rings. The summed E-state index contributed by atoms with van der Waals surface area (Å²) in [5, 5.41) is 14.6. The van der Waals surface area contributed by atoms with Crippen molar-refractivity contribution in [1.82, 2.24) is 0 Å². The number of nitrogens with one attached hydrogen (secondary N) is 2. The van der Waals surface area contributed by atoms with E-state index in [0.29, 0.717) is 22.5 Å². The van der Waals surface area contributed by atoms with Crippen molar-refractivity contribution in [3.8, 4) is 5.75 Å². The molecule has 2 rings (SSSR count). The highest BCUT2D eigenvalue weighted by molar-refractivity contribution is 5.99. The molecule has 7 heteroatoms. The van der Waals surface area contributed by atoms with Crippen molar-refractivity contribution < 1.29 is 23.1 Å². The van der Waals surface area contributed by atoms with E-state index < -0.39 is 18.6 Å². The number of anilines is 2. The van der Waals surface area contributed by atoms with Gasteiger partial charge in [-0.25, -0.2) is 4.79 Å². The van der Waals surface area contributed by atoms with E-state index >= 15 is 0 Å². The average Bonchev–Trinajstić information content (AvgIpc) is 2.48. The summed E-state index contributed by atoms with van der Waals surface area (Å²) < 4.78 is 36.8. The molecule has 2 aromatic rings. The van der Waals surface area contributed by atoms with Crippen molar-refractivity contribution in [3.63, 3.8) is 0 Å². The van der Waals surface area contributed by atoms with Crippen LogP contribution in [-0.2, 0) is 6.42 Å². The summed E-state index contributed by atoms with van der Waals surface area (Å²) in [5.41, 5.74) is 2.01. The summed E-state index contributed by atoms with van der Waals surface area (Å²) in [5.74, 6) is 0.123. The molecule has 0 bridgehead atoms. The molecule has 2 amide bonds. The Bertz CT molecular complexity index is 730. The fourth-order valence-corrected chi connectivity index (χ4v) is 2.12. The average molecular weight is 338 g/mol. The molecule has 0 unspecified atom stereocenters. The summed E-state index contributed by atoms with van der Waals surface area (Å²) in [4.78, 5) is 11.9. The van der Waals surface area contributed by atoms with Gasteiger partial charge < -0.3 is 15.7 Å². The maximum atomic E-state index is 12.3. The third-order valence-electron chi connectivity index (χ3n) is 3.34. The number of carbonyl (C=O) groups is 1. The summed E-state index contributed by atoms with van der Waals surface area (Å²) in [6, 6.07) is 10.4. The first-order chi connectivity index (χ1) is 11.2. The van der Waals surface area contributed by atoms with Gasteiger partial charge in [0.25, 0.3) is 0 Å². The molecular weight excluding hydrogens is 321 g/mol. The number of benzene rings is 2. The Morgan fingerprint density at radius 3 is 2.38 bits per heavy atom. The van der Waals surface area contributed by atoms with Gasteiger partial charge in [0, 0.05) is 17.8 Å². The van der Waals surface area contributed by atoms with Crippen LogP contribution in [0.4, 0.5) is 29.3 Å². The van der Waals surface area contributed by atoms with Crippen LogP contribution in [0.1, 0.15) is 17.5 Å². The van der Waals surface area contributed by atoms with E-state index in [1.54, 1.807) is 37.3 Å². The van der Waals surface area contributed by atoms with Crippen molar-refractivity contribution in [1.29, 1.82) is 0 Å². The molecule has 0 aliphatic heterocycles. The molecule has 0 aliphatic rings. The van der Waals surface area contributed by atoms with Crippen molar-refractivity contribution in [2.45, 2.75) is 25.9 Å². The monoisotopic (exact) mass is 338 g/mol. The third kappa shape index (κ3) is 5.49. The zero-order valence-electron chi connectivity index (χ0n) is 12.9. The summed E-state index contributed by atoms with van der Waals surface area (Å²) in [7, 11) is 0. The molecule has 0 aromatic heterocycles. The van der Waals surface area contributed by atoms with Crippen molar-refractivity contribution in [2.75, 3.05) is 10.6 Å². The Kier molecular flexibility index (Phi) is 5.33. The Hall–Kier alpha value is -2.70. The lowest BCUT2D eigenvalue weighted by Crippen LogP contribution is -2.19. The Morgan fingerprint density at radius 1 is 1.08 bits per heavy atom. The highest BCUT2D eigenvalue weighted by Crippen LogP contribution is 2.23. The summed E-state index contributed by atoms with van der Waals surface area (Å²) in [6.07, 6.45) is -5.26. The number of hydrogen-bond donors (Lipinski definition) is 3. The molecule has 0 atom stereocenters. The van der Waals surface area contributed by atoms with Crippen LogP contribution in [0.5, 0.6) is 5.75 Å². The number of phenolic OH excluding ortho intramolecular Hbond substituents is 1. The topological polar surface area (TPSA) is 61.4 Å². The standard InChI is InChI=1S/C17H17F3N2O2/c1-11-9-14(5-6-15(11)23)22-16(24)21-13-4-2-3-12(10-13)7-8-17(18,19)20/h2-6,9-10,23H,7-8H2,1H3,(H2,21,22,24). The minimum Gasteiger partial charge on any atom is -0.508 e. The highest BCUT2D eigenvalue weighted by Gasteiger charge is 2.26. The van der Waals surface area contributed by atoms with Crippen LogP contribution in [0.25, 0.3) is 0 Å². The van der Waals surface area contributed by atoms with Crippen LogP contribution in [0.3, 0.4) is 0 Å². The largest absolute Gasteiger partial charge is 0.508 e. The van der Waals surface area contributed by atoms with E-state index in [0.717, 1.165) is 0 Å². The molecule has 0 heterocycles. The van der Waals surface area contributed by atoms with Gasteiger partial charge in [-0.15, -0.1) is 0 Å². The van der Waals surface area contributed by atoms with E-state index in [1.165, 1.54) is 12.1 Å². The van der Waals surface area contributed by atoms with Gasteiger partial charge in [0.05, 0.1) is 0 Å². The number of aromatic hydroxyl groups is 1. The molecule has 4 nitrogen and oxygen atoms in total. The lowest BCUT2D eigenvalue weighted by molar-refractivity contribution is -0.133. The van der Waals surface area contributed by atoms with E-state index in [1.807, 2.05) is 0 Å². The highest BCUT2D eigenvalue weighted by atomic mass is 19.4. The maximum Gasteiger partial charge on any atom is 0.389 e. The number of carbonyl (C=O) groups excluding carboxylic acids is 1. The number of amides is 2. The van der Waals surface area contributed by atoms with E-state index in [2.05, 4.69) is 10.6 Å². The molecule has 2 aromatic carbocycles. The molecule has 24 heavy (non-hydrogen) atoms. The number of alkyl halides is 3. The zero-order valence-corrected chi connectivity index (χ0v) is 12.9. The van der Waals surface area contributed by atoms with E-state index in [4.69, 9.17) is 0 Å². The number of halogens is 3. The minimum atomic E-state index is -4.21. The fourth-order valence-electron chi connectivity index (χ4n) is 2.12.